The summed E-state index contributed by atoms with van der Waals surface area (Å²) in [4.78, 5) is 8.13. The highest BCUT2D eigenvalue weighted by Gasteiger charge is 2.21. The number of hydrogen-bond donors (Lipinski definition) is 1. The molecular weight excluding hydrogens is 346 g/mol. The molecule has 0 aliphatic carbocycles. The van der Waals surface area contributed by atoms with Crippen LogP contribution in [0.4, 0.5) is 0 Å². The number of likely N-dealkylation sites (tertiary alicyclic amines) is 1. The molecule has 5 nitrogen and oxygen atoms in total. The SMILES string of the molecule is CN=C(NCCCSc1ccccc1)N1CCC(OCCCOC)CC1. The molecule has 0 radical (unpaired) electrons. The van der Waals surface area contributed by atoms with Crippen molar-refractivity contribution in [3.63, 3.8) is 0 Å². The maximum Gasteiger partial charge on any atom is 0.193 e. The lowest BCUT2D eigenvalue weighted by atomic mass is 10.1. The molecule has 0 atom stereocenters. The van der Waals surface area contributed by atoms with E-state index in [4.69, 9.17) is 9.47 Å². The first-order valence-electron chi connectivity index (χ1n) is 9.57. The Morgan fingerprint density at radius 1 is 1.19 bits per heavy atom. The summed E-state index contributed by atoms with van der Waals surface area (Å²) < 4.78 is 11.0. The molecule has 0 unspecified atom stereocenters. The van der Waals surface area contributed by atoms with Gasteiger partial charge in [-0.05, 0) is 43.6 Å². The van der Waals surface area contributed by atoms with E-state index in [1.165, 1.54) is 4.90 Å². The maximum atomic E-state index is 5.93. The van der Waals surface area contributed by atoms with Crippen molar-refractivity contribution in [2.24, 2.45) is 4.99 Å². The number of ether oxygens (including phenoxy) is 2. The largest absolute Gasteiger partial charge is 0.385 e. The molecule has 0 saturated carbocycles. The molecule has 0 aromatic heterocycles. The van der Waals surface area contributed by atoms with Crippen molar-refractivity contribution in [2.75, 3.05) is 52.8 Å². The van der Waals surface area contributed by atoms with Gasteiger partial charge < -0.3 is 19.7 Å². The van der Waals surface area contributed by atoms with Gasteiger partial charge in [-0.1, -0.05) is 18.2 Å². The highest BCUT2D eigenvalue weighted by Crippen LogP contribution is 2.17. The quantitative estimate of drug-likeness (QED) is 0.293. The average Bonchev–Trinajstić information content (AvgIpc) is 2.69. The molecule has 1 fully saturated rings. The fourth-order valence-electron chi connectivity index (χ4n) is 3.00. The van der Waals surface area contributed by atoms with Crippen LogP contribution in [0, 0.1) is 0 Å². The van der Waals surface area contributed by atoms with Gasteiger partial charge in [0.25, 0.3) is 0 Å². The first-order valence-corrected chi connectivity index (χ1v) is 10.6. The number of guanidine groups is 1. The zero-order chi connectivity index (χ0) is 18.5. The fourth-order valence-corrected chi connectivity index (χ4v) is 3.87. The second kappa shape index (κ2) is 13.0. The number of hydrogen-bond acceptors (Lipinski definition) is 4. The zero-order valence-electron chi connectivity index (χ0n) is 16.2. The zero-order valence-corrected chi connectivity index (χ0v) is 17.0. The summed E-state index contributed by atoms with van der Waals surface area (Å²) in [5, 5.41) is 3.51. The van der Waals surface area contributed by atoms with Crippen molar-refractivity contribution in [3.05, 3.63) is 30.3 Å². The first kappa shape index (κ1) is 21.1. The van der Waals surface area contributed by atoms with E-state index < -0.39 is 0 Å². The third kappa shape index (κ3) is 7.98. The molecule has 1 aromatic rings. The Kier molecular flexibility index (Phi) is 10.5. The minimum absolute atomic E-state index is 0.378. The van der Waals surface area contributed by atoms with Crippen molar-refractivity contribution in [1.29, 1.82) is 0 Å². The number of nitrogens with one attached hydrogen (secondary N) is 1. The Hall–Kier alpha value is -1.24. The van der Waals surface area contributed by atoms with Gasteiger partial charge in [-0.25, -0.2) is 0 Å². The molecular formula is C20H33N3O2S. The Morgan fingerprint density at radius 3 is 2.65 bits per heavy atom. The van der Waals surface area contributed by atoms with Crippen molar-refractivity contribution in [3.8, 4) is 0 Å². The van der Waals surface area contributed by atoms with Crippen LogP contribution in [0.25, 0.3) is 0 Å². The van der Waals surface area contributed by atoms with E-state index in [1.54, 1.807) is 7.11 Å². The minimum atomic E-state index is 0.378. The number of benzene rings is 1. The fraction of sp³-hybridized carbons (Fsp3) is 0.650. The predicted molar refractivity (Wildman–Crippen MR) is 110 cm³/mol. The smallest absolute Gasteiger partial charge is 0.193 e. The van der Waals surface area contributed by atoms with Crippen LogP contribution in [0.15, 0.2) is 40.2 Å². The molecule has 0 amide bonds. The van der Waals surface area contributed by atoms with Crippen LogP contribution in [-0.2, 0) is 9.47 Å². The van der Waals surface area contributed by atoms with E-state index in [1.807, 2.05) is 18.8 Å². The van der Waals surface area contributed by atoms with E-state index in [0.717, 1.165) is 70.2 Å². The van der Waals surface area contributed by atoms with Gasteiger partial charge in [0.1, 0.15) is 0 Å². The summed E-state index contributed by atoms with van der Waals surface area (Å²) in [6.45, 7) is 4.54. The standard InChI is InChI=1S/C20H33N3O2S/c1-21-20(22-12-6-17-26-19-8-4-3-5-9-19)23-13-10-18(11-14-23)25-16-7-15-24-2/h3-5,8-9,18H,6-7,10-17H2,1-2H3,(H,21,22). The van der Waals surface area contributed by atoms with Gasteiger partial charge in [-0.2, -0.15) is 0 Å². The molecule has 2 rings (SSSR count). The second-order valence-electron chi connectivity index (χ2n) is 6.39. The number of rotatable bonds is 10. The van der Waals surface area contributed by atoms with E-state index in [2.05, 4.69) is 45.5 Å². The second-order valence-corrected chi connectivity index (χ2v) is 7.56. The van der Waals surface area contributed by atoms with E-state index >= 15 is 0 Å². The summed E-state index contributed by atoms with van der Waals surface area (Å²) in [5.74, 6) is 2.14. The molecule has 1 aromatic carbocycles. The predicted octanol–water partition coefficient (Wildman–Crippen LogP) is 3.26. The number of nitrogens with zero attached hydrogens (tertiary/aromatic N) is 2. The van der Waals surface area contributed by atoms with Crippen LogP contribution in [-0.4, -0.2) is 69.7 Å². The van der Waals surface area contributed by atoms with Gasteiger partial charge >= 0.3 is 0 Å². The highest BCUT2D eigenvalue weighted by molar-refractivity contribution is 7.99. The normalized spacial score (nSPS) is 16.1. The molecule has 26 heavy (non-hydrogen) atoms. The monoisotopic (exact) mass is 379 g/mol. The van der Waals surface area contributed by atoms with E-state index in [0.29, 0.717) is 6.10 Å². The summed E-state index contributed by atoms with van der Waals surface area (Å²) in [6.07, 6.45) is 4.61. The molecule has 1 aliphatic rings. The molecule has 1 N–H and O–H groups in total. The number of methoxy groups -OCH3 is 1. The summed E-state index contributed by atoms with van der Waals surface area (Å²) in [7, 11) is 3.60. The summed E-state index contributed by atoms with van der Waals surface area (Å²) in [6, 6.07) is 10.6. The van der Waals surface area contributed by atoms with Crippen LogP contribution in [0.3, 0.4) is 0 Å². The lowest BCUT2D eigenvalue weighted by Gasteiger charge is -2.34. The van der Waals surface area contributed by atoms with Crippen LogP contribution in [0.5, 0.6) is 0 Å². The Labute approximate surface area is 162 Å². The first-order chi connectivity index (χ1) is 12.8. The molecule has 0 bridgehead atoms. The van der Waals surface area contributed by atoms with Crippen molar-refractivity contribution < 1.29 is 9.47 Å². The van der Waals surface area contributed by atoms with Gasteiger partial charge in [0, 0.05) is 51.9 Å². The Morgan fingerprint density at radius 2 is 1.96 bits per heavy atom. The topological polar surface area (TPSA) is 46.1 Å². The van der Waals surface area contributed by atoms with Gasteiger partial charge in [-0.3, -0.25) is 4.99 Å². The number of aliphatic imine (C=N–C) groups is 1. The molecule has 1 saturated heterocycles. The van der Waals surface area contributed by atoms with Crippen LogP contribution < -0.4 is 5.32 Å². The third-order valence-corrected chi connectivity index (χ3v) is 5.51. The van der Waals surface area contributed by atoms with Crippen LogP contribution >= 0.6 is 11.8 Å². The van der Waals surface area contributed by atoms with Crippen LogP contribution in [0.1, 0.15) is 25.7 Å². The highest BCUT2D eigenvalue weighted by atomic mass is 32.2. The van der Waals surface area contributed by atoms with Crippen molar-refractivity contribution >= 4 is 17.7 Å². The van der Waals surface area contributed by atoms with E-state index in [-0.39, 0.29) is 0 Å². The third-order valence-electron chi connectivity index (χ3n) is 4.42. The number of thioether (sulfide) groups is 1. The van der Waals surface area contributed by atoms with Gasteiger partial charge in [0.05, 0.1) is 6.10 Å². The molecule has 146 valence electrons. The van der Waals surface area contributed by atoms with E-state index in [9.17, 15) is 0 Å². The molecule has 1 aliphatic heterocycles. The van der Waals surface area contributed by atoms with Gasteiger partial charge in [0.2, 0.25) is 0 Å². The Balaban J connectivity index is 1.57. The van der Waals surface area contributed by atoms with Gasteiger partial charge in [-0.15, -0.1) is 11.8 Å². The lowest BCUT2D eigenvalue weighted by Crippen LogP contribution is -2.47. The number of piperidine rings is 1. The maximum absolute atomic E-state index is 5.93. The van der Waals surface area contributed by atoms with Crippen molar-refractivity contribution in [2.45, 2.75) is 36.7 Å². The summed E-state index contributed by atoms with van der Waals surface area (Å²) in [5.41, 5.74) is 0. The minimum Gasteiger partial charge on any atom is -0.385 e. The lowest BCUT2D eigenvalue weighted by molar-refractivity contribution is 0.00991. The van der Waals surface area contributed by atoms with Crippen LogP contribution in [0.2, 0.25) is 0 Å². The average molecular weight is 380 g/mol. The Bertz CT molecular complexity index is 505. The summed E-state index contributed by atoms with van der Waals surface area (Å²) >= 11 is 1.91. The molecule has 0 spiro atoms. The molecule has 6 heteroatoms. The molecule has 1 heterocycles. The van der Waals surface area contributed by atoms with Crippen molar-refractivity contribution in [1.82, 2.24) is 10.2 Å². The van der Waals surface area contributed by atoms with Gasteiger partial charge in [0.15, 0.2) is 5.96 Å².